The Labute approximate surface area is 126 Å². The van der Waals surface area contributed by atoms with Crippen LogP contribution < -0.4 is 10.1 Å². The first-order valence-corrected chi connectivity index (χ1v) is 7.74. The predicted octanol–water partition coefficient (Wildman–Crippen LogP) is 2.70. The molecule has 2 rings (SSSR count). The SMILES string of the molecule is Cc1ccc(OC(C)C(=O)NCCCOCC2CC2)cc1. The molecule has 1 saturated carbocycles. The summed E-state index contributed by atoms with van der Waals surface area (Å²) in [4.78, 5) is 11.9. The van der Waals surface area contributed by atoms with E-state index in [4.69, 9.17) is 9.47 Å². The molecule has 4 heteroatoms. The number of hydrogen-bond acceptors (Lipinski definition) is 3. The maximum Gasteiger partial charge on any atom is 0.260 e. The van der Waals surface area contributed by atoms with Crippen LogP contribution in [-0.4, -0.2) is 31.8 Å². The zero-order valence-corrected chi connectivity index (χ0v) is 12.9. The van der Waals surface area contributed by atoms with Gasteiger partial charge in [0.2, 0.25) is 0 Å². The molecule has 1 fully saturated rings. The van der Waals surface area contributed by atoms with E-state index >= 15 is 0 Å². The third-order valence-corrected chi connectivity index (χ3v) is 3.52. The molecule has 1 aromatic rings. The highest BCUT2D eigenvalue weighted by Gasteiger charge is 2.20. The topological polar surface area (TPSA) is 47.6 Å². The lowest BCUT2D eigenvalue weighted by molar-refractivity contribution is -0.127. The number of amides is 1. The minimum Gasteiger partial charge on any atom is -0.481 e. The molecule has 116 valence electrons. The van der Waals surface area contributed by atoms with Crippen molar-refractivity contribution in [2.24, 2.45) is 5.92 Å². The summed E-state index contributed by atoms with van der Waals surface area (Å²) >= 11 is 0. The summed E-state index contributed by atoms with van der Waals surface area (Å²) in [6.45, 7) is 6.00. The van der Waals surface area contributed by atoms with Crippen molar-refractivity contribution < 1.29 is 14.3 Å². The number of hydrogen-bond donors (Lipinski definition) is 1. The van der Waals surface area contributed by atoms with Crippen LogP contribution in [0, 0.1) is 12.8 Å². The standard InChI is InChI=1S/C17H25NO3/c1-13-4-8-16(9-5-13)21-14(2)17(19)18-10-3-11-20-12-15-6-7-15/h4-5,8-9,14-15H,3,6-7,10-12H2,1-2H3,(H,18,19). The maximum absolute atomic E-state index is 11.9. The Morgan fingerprint density at radius 1 is 1.33 bits per heavy atom. The fourth-order valence-electron chi connectivity index (χ4n) is 1.94. The lowest BCUT2D eigenvalue weighted by atomic mass is 10.2. The van der Waals surface area contributed by atoms with Crippen LogP contribution in [-0.2, 0) is 9.53 Å². The van der Waals surface area contributed by atoms with Crippen molar-refractivity contribution in [2.45, 2.75) is 39.2 Å². The molecule has 0 aliphatic heterocycles. The van der Waals surface area contributed by atoms with Crippen LogP contribution in [0.3, 0.4) is 0 Å². The van der Waals surface area contributed by atoms with Crippen LogP contribution >= 0.6 is 0 Å². The molecular weight excluding hydrogens is 266 g/mol. The summed E-state index contributed by atoms with van der Waals surface area (Å²) in [6, 6.07) is 7.70. The Balaban J connectivity index is 1.57. The van der Waals surface area contributed by atoms with Crippen LogP contribution in [0.4, 0.5) is 0 Å². The van der Waals surface area contributed by atoms with Gasteiger partial charge in [0.15, 0.2) is 6.10 Å². The second kappa shape index (κ2) is 8.03. The molecule has 1 atom stereocenters. The maximum atomic E-state index is 11.9. The third-order valence-electron chi connectivity index (χ3n) is 3.52. The Kier molecular flexibility index (Phi) is 6.05. The van der Waals surface area contributed by atoms with E-state index in [9.17, 15) is 4.79 Å². The first-order valence-electron chi connectivity index (χ1n) is 7.74. The average molecular weight is 291 g/mol. The van der Waals surface area contributed by atoms with Gasteiger partial charge >= 0.3 is 0 Å². The molecule has 4 nitrogen and oxygen atoms in total. The van der Waals surface area contributed by atoms with Crippen molar-refractivity contribution >= 4 is 5.91 Å². The van der Waals surface area contributed by atoms with E-state index in [-0.39, 0.29) is 5.91 Å². The zero-order chi connectivity index (χ0) is 15.1. The van der Waals surface area contributed by atoms with Crippen molar-refractivity contribution in [3.8, 4) is 5.75 Å². The van der Waals surface area contributed by atoms with E-state index in [2.05, 4.69) is 5.32 Å². The molecule has 21 heavy (non-hydrogen) atoms. The summed E-state index contributed by atoms with van der Waals surface area (Å²) in [5.74, 6) is 1.43. The van der Waals surface area contributed by atoms with Crippen LogP contribution in [0.15, 0.2) is 24.3 Å². The molecule has 1 aliphatic rings. The summed E-state index contributed by atoms with van der Waals surface area (Å²) in [5, 5.41) is 2.87. The van der Waals surface area contributed by atoms with E-state index in [1.54, 1.807) is 6.92 Å². The number of aryl methyl sites for hydroxylation is 1. The molecular formula is C17H25NO3. The van der Waals surface area contributed by atoms with Gasteiger partial charge in [0.05, 0.1) is 0 Å². The van der Waals surface area contributed by atoms with Crippen LogP contribution in [0.25, 0.3) is 0 Å². The average Bonchev–Trinajstić information content (AvgIpc) is 3.29. The van der Waals surface area contributed by atoms with Crippen LogP contribution in [0.2, 0.25) is 0 Å². The van der Waals surface area contributed by atoms with E-state index < -0.39 is 6.10 Å². The van der Waals surface area contributed by atoms with Gasteiger partial charge in [0, 0.05) is 19.8 Å². The van der Waals surface area contributed by atoms with Crippen LogP contribution in [0.1, 0.15) is 31.7 Å². The minimum atomic E-state index is -0.486. The van der Waals surface area contributed by atoms with E-state index in [1.807, 2.05) is 31.2 Å². The highest BCUT2D eigenvalue weighted by Crippen LogP contribution is 2.28. The fraction of sp³-hybridized carbons (Fsp3) is 0.588. The molecule has 0 radical (unpaired) electrons. The number of nitrogens with one attached hydrogen (secondary N) is 1. The molecule has 1 unspecified atom stereocenters. The second-order valence-corrected chi connectivity index (χ2v) is 5.74. The molecule has 0 bridgehead atoms. The van der Waals surface area contributed by atoms with Gasteiger partial charge in [-0.2, -0.15) is 0 Å². The zero-order valence-electron chi connectivity index (χ0n) is 12.9. The molecule has 0 saturated heterocycles. The normalized spacial score (nSPS) is 15.5. The second-order valence-electron chi connectivity index (χ2n) is 5.74. The van der Waals surface area contributed by atoms with Gasteiger partial charge < -0.3 is 14.8 Å². The molecule has 0 heterocycles. The first-order chi connectivity index (χ1) is 10.1. The molecule has 0 aromatic heterocycles. The van der Waals surface area contributed by atoms with E-state index in [0.29, 0.717) is 13.2 Å². The number of rotatable bonds is 9. The predicted molar refractivity (Wildman–Crippen MR) is 82.4 cm³/mol. The Morgan fingerprint density at radius 2 is 2.05 bits per heavy atom. The number of ether oxygens (including phenoxy) is 2. The Morgan fingerprint density at radius 3 is 2.71 bits per heavy atom. The smallest absolute Gasteiger partial charge is 0.260 e. The minimum absolute atomic E-state index is 0.0854. The van der Waals surface area contributed by atoms with Gasteiger partial charge in [0.1, 0.15) is 5.75 Å². The molecule has 1 aromatic carbocycles. The summed E-state index contributed by atoms with van der Waals surface area (Å²) < 4.78 is 11.1. The van der Waals surface area contributed by atoms with E-state index in [0.717, 1.165) is 24.7 Å². The monoisotopic (exact) mass is 291 g/mol. The van der Waals surface area contributed by atoms with Crippen molar-refractivity contribution in [3.05, 3.63) is 29.8 Å². The highest BCUT2D eigenvalue weighted by molar-refractivity contribution is 5.80. The van der Waals surface area contributed by atoms with Crippen molar-refractivity contribution in [3.63, 3.8) is 0 Å². The summed E-state index contributed by atoms with van der Waals surface area (Å²) in [7, 11) is 0. The van der Waals surface area contributed by atoms with Crippen molar-refractivity contribution in [1.29, 1.82) is 0 Å². The van der Waals surface area contributed by atoms with Gasteiger partial charge in [0.25, 0.3) is 5.91 Å². The first kappa shape index (κ1) is 15.8. The quantitative estimate of drug-likeness (QED) is 0.712. The van der Waals surface area contributed by atoms with Gasteiger partial charge in [-0.3, -0.25) is 4.79 Å². The highest BCUT2D eigenvalue weighted by atomic mass is 16.5. The number of carbonyl (C=O) groups is 1. The molecule has 1 N–H and O–H groups in total. The lowest BCUT2D eigenvalue weighted by Gasteiger charge is -2.14. The molecule has 0 spiro atoms. The van der Waals surface area contributed by atoms with Gasteiger partial charge in [-0.25, -0.2) is 0 Å². The van der Waals surface area contributed by atoms with Crippen LogP contribution in [0.5, 0.6) is 5.75 Å². The van der Waals surface area contributed by atoms with Crippen molar-refractivity contribution in [2.75, 3.05) is 19.8 Å². The Hall–Kier alpha value is -1.55. The number of benzene rings is 1. The summed E-state index contributed by atoms with van der Waals surface area (Å²) in [6.07, 6.45) is 2.98. The van der Waals surface area contributed by atoms with Gasteiger partial charge in [-0.05, 0) is 51.2 Å². The Bertz CT molecular complexity index is 440. The molecule has 1 aliphatic carbocycles. The molecule has 1 amide bonds. The largest absolute Gasteiger partial charge is 0.481 e. The van der Waals surface area contributed by atoms with Gasteiger partial charge in [-0.1, -0.05) is 17.7 Å². The lowest BCUT2D eigenvalue weighted by Crippen LogP contribution is -2.37. The number of carbonyl (C=O) groups excluding carboxylic acids is 1. The van der Waals surface area contributed by atoms with Crippen molar-refractivity contribution in [1.82, 2.24) is 5.32 Å². The van der Waals surface area contributed by atoms with E-state index in [1.165, 1.54) is 18.4 Å². The summed E-state index contributed by atoms with van der Waals surface area (Å²) in [5.41, 5.74) is 1.17. The fourth-order valence-corrected chi connectivity index (χ4v) is 1.94. The van der Waals surface area contributed by atoms with Gasteiger partial charge in [-0.15, -0.1) is 0 Å². The third kappa shape index (κ3) is 6.17.